The van der Waals surface area contributed by atoms with E-state index >= 15 is 0 Å². The minimum atomic E-state index is -4.78. The number of aryl methyl sites for hydroxylation is 1. The summed E-state index contributed by atoms with van der Waals surface area (Å²) >= 11 is 18.9. The number of amides is 1. The number of pyridine rings is 1. The average molecular weight is 664 g/mol. The third-order valence-electron chi connectivity index (χ3n) is 6.41. The first kappa shape index (κ1) is 31.1. The number of tetrazole rings is 1. The van der Waals surface area contributed by atoms with Gasteiger partial charge < -0.3 is 5.32 Å². The fourth-order valence-electron chi connectivity index (χ4n) is 4.34. The van der Waals surface area contributed by atoms with Crippen molar-refractivity contribution in [2.75, 3.05) is 0 Å². The Balaban J connectivity index is 1.47. The van der Waals surface area contributed by atoms with Gasteiger partial charge in [-0.15, -0.1) is 10.2 Å². The van der Waals surface area contributed by atoms with Gasteiger partial charge in [-0.2, -0.15) is 23.1 Å². The van der Waals surface area contributed by atoms with E-state index in [1.807, 2.05) is 0 Å². The third-order valence-corrected chi connectivity index (χ3v) is 7.29. The summed E-state index contributed by atoms with van der Waals surface area (Å²) in [5, 5.41) is 17.9. The van der Waals surface area contributed by atoms with Crippen molar-refractivity contribution in [1.29, 1.82) is 0 Å². The van der Waals surface area contributed by atoms with Crippen molar-refractivity contribution in [3.05, 3.63) is 115 Å². The molecule has 3 heterocycles. The molecule has 0 unspecified atom stereocenters. The summed E-state index contributed by atoms with van der Waals surface area (Å²) in [7, 11) is 0. The van der Waals surface area contributed by atoms with Crippen molar-refractivity contribution in [1.82, 2.24) is 40.3 Å². The number of benzene rings is 2. The summed E-state index contributed by atoms with van der Waals surface area (Å²) < 4.78 is 40.1. The molecule has 16 heteroatoms. The average Bonchev–Trinajstić information content (AvgIpc) is 3.62. The van der Waals surface area contributed by atoms with E-state index in [1.54, 1.807) is 49.4 Å². The Labute approximate surface area is 262 Å². The van der Waals surface area contributed by atoms with Gasteiger partial charge in [-0.25, -0.2) is 9.67 Å². The van der Waals surface area contributed by atoms with Crippen molar-refractivity contribution in [3.8, 4) is 5.82 Å². The first-order valence-corrected chi connectivity index (χ1v) is 13.9. The van der Waals surface area contributed by atoms with Crippen LogP contribution in [0.25, 0.3) is 5.82 Å². The Morgan fingerprint density at radius 3 is 2.43 bits per heavy atom. The van der Waals surface area contributed by atoms with Crippen LogP contribution < -0.4 is 5.32 Å². The van der Waals surface area contributed by atoms with Crippen molar-refractivity contribution >= 4 is 46.5 Å². The van der Waals surface area contributed by atoms with Gasteiger partial charge >= 0.3 is 6.18 Å². The topological polar surface area (TPSA) is 120 Å². The summed E-state index contributed by atoms with van der Waals surface area (Å²) in [6, 6.07) is 14.6. The molecule has 0 atom stereocenters. The molecule has 0 aliphatic heterocycles. The number of alkyl halides is 3. The summed E-state index contributed by atoms with van der Waals surface area (Å²) in [5.41, 5.74) is 2.02. The predicted molar refractivity (Wildman–Crippen MR) is 155 cm³/mol. The molecule has 0 radical (unpaired) electrons. The lowest BCUT2D eigenvalue weighted by Crippen LogP contribution is -2.25. The standard InChI is InChI=1S/C28H20Cl3F3N8O2/c1-15-9-17(29)10-20(26(44)36-13-16-5-2-3-6-21(16)30)19(15)12-24(43)23-11-18(14-41-39-27(37-40-41)28(32,33)34)38-42(23)25-22(31)7-4-8-35-25/h2-11H,12-14H2,1H3,(H,36,44). The fraction of sp³-hybridized carbons (Fsp3) is 0.179. The molecular weight excluding hydrogens is 644 g/mol. The molecule has 0 spiro atoms. The van der Waals surface area contributed by atoms with Crippen molar-refractivity contribution in [2.24, 2.45) is 0 Å². The van der Waals surface area contributed by atoms with Crippen molar-refractivity contribution in [3.63, 3.8) is 0 Å². The smallest absolute Gasteiger partial charge is 0.348 e. The van der Waals surface area contributed by atoms with E-state index in [0.29, 0.717) is 31.5 Å². The molecule has 0 bridgehead atoms. The van der Waals surface area contributed by atoms with E-state index in [9.17, 15) is 22.8 Å². The molecule has 0 fully saturated rings. The zero-order chi connectivity index (χ0) is 31.6. The highest BCUT2D eigenvalue weighted by Gasteiger charge is 2.37. The molecule has 1 amide bonds. The van der Waals surface area contributed by atoms with Crippen LogP contribution in [0.3, 0.4) is 0 Å². The number of aromatic nitrogens is 7. The minimum absolute atomic E-state index is 0.00790. The Morgan fingerprint density at radius 1 is 0.977 bits per heavy atom. The molecule has 1 N–H and O–H groups in total. The van der Waals surface area contributed by atoms with Crippen LogP contribution in [0.1, 0.15) is 49.1 Å². The number of nitrogens with zero attached hydrogens (tertiary/aromatic N) is 7. The molecule has 2 aromatic carbocycles. The van der Waals surface area contributed by atoms with E-state index in [-0.39, 0.29) is 47.3 Å². The predicted octanol–water partition coefficient (Wildman–Crippen LogP) is 5.94. The van der Waals surface area contributed by atoms with Gasteiger partial charge in [0, 0.05) is 34.8 Å². The molecule has 10 nitrogen and oxygen atoms in total. The zero-order valence-electron chi connectivity index (χ0n) is 22.6. The zero-order valence-corrected chi connectivity index (χ0v) is 24.9. The summed E-state index contributed by atoms with van der Waals surface area (Å²) in [5.74, 6) is -2.27. The SMILES string of the molecule is Cc1cc(Cl)cc(C(=O)NCc2ccccc2Cl)c1CC(=O)c1cc(Cn2nnc(C(F)(F)F)n2)nn1-c1ncccc1Cl. The number of hydrogen-bond acceptors (Lipinski definition) is 7. The molecule has 3 aromatic heterocycles. The quantitative estimate of drug-likeness (QED) is 0.194. The Morgan fingerprint density at radius 2 is 1.73 bits per heavy atom. The number of carbonyl (C=O) groups is 2. The second-order valence-electron chi connectivity index (χ2n) is 9.51. The lowest BCUT2D eigenvalue weighted by molar-refractivity contribution is -0.145. The Hall–Kier alpha value is -4.33. The van der Waals surface area contributed by atoms with Gasteiger partial charge in [0.2, 0.25) is 0 Å². The highest BCUT2D eigenvalue weighted by Crippen LogP contribution is 2.27. The van der Waals surface area contributed by atoms with Crippen LogP contribution in [0.5, 0.6) is 0 Å². The van der Waals surface area contributed by atoms with Crippen LogP contribution in [0.15, 0.2) is 60.8 Å². The minimum Gasteiger partial charge on any atom is -0.348 e. The molecule has 0 aliphatic carbocycles. The maximum atomic E-state index is 13.8. The molecular formula is C28H20Cl3F3N8O2. The number of Topliss-reactive ketones (excluding diaryl/α,β-unsaturated/α-hetero) is 1. The van der Waals surface area contributed by atoms with Gasteiger partial charge in [0.25, 0.3) is 11.7 Å². The lowest BCUT2D eigenvalue weighted by Gasteiger charge is -2.14. The van der Waals surface area contributed by atoms with Gasteiger partial charge in [0.05, 0.1) is 10.7 Å². The second-order valence-corrected chi connectivity index (χ2v) is 10.8. The number of halogens is 6. The maximum Gasteiger partial charge on any atom is 0.455 e. The largest absolute Gasteiger partial charge is 0.455 e. The van der Waals surface area contributed by atoms with Gasteiger partial charge in [0.1, 0.15) is 12.2 Å². The van der Waals surface area contributed by atoms with Crippen molar-refractivity contribution in [2.45, 2.75) is 32.6 Å². The van der Waals surface area contributed by atoms with Gasteiger partial charge in [-0.1, -0.05) is 53.0 Å². The monoisotopic (exact) mass is 662 g/mol. The van der Waals surface area contributed by atoms with Crippen LogP contribution >= 0.6 is 34.8 Å². The van der Waals surface area contributed by atoms with Crippen LogP contribution in [0.2, 0.25) is 15.1 Å². The van der Waals surface area contributed by atoms with Crippen LogP contribution in [0.4, 0.5) is 13.2 Å². The number of nitrogens with one attached hydrogen (secondary N) is 1. The third kappa shape index (κ3) is 6.90. The van der Waals surface area contributed by atoms with Crippen LogP contribution in [0, 0.1) is 6.92 Å². The molecule has 0 saturated heterocycles. The maximum absolute atomic E-state index is 13.8. The summed E-state index contributed by atoms with van der Waals surface area (Å²) in [4.78, 5) is 32.1. The lowest BCUT2D eigenvalue weighted by atomic mass is 9.95. The highest BCUT2D eigenvalue weighted by molar-refractivity contribution is 6.32. The van der Waals surface area contributed by atoms with Gasteiger partial charge in [-0.05, 0) is 65.2 Å². The number of hydrogen-bond donors (Lipinski definition) is 1. The number of rotatable bonds is 9. The fourth-order valence-corrected chi connectivity index (χ4v) is 5.02. The van der Waals surface area contributed by atoms with E-state index in [0.717, 1.165) is 0 Å². The first-order chi connectivity index (χ1) is 20.9. The summed E-state index contributed by atoms with van der Waals surface area (Å²) in [6.45, 7) is 1.51. The number of ketones is 1. The van der Waals surface area contributed by atoms with Crippen LogP contribution in [-0.2, 0) is 25.7 Å². The Bertz CT molecular complexity index is 1870. The molecule has 5 rings (SSSR count). The van der Waals surface area contributed by atoms with E-state index in [4.69, 9.17) is 34.8 Å². The Kier molecular flexibility index (Phi) is 9.00. The van der Waals surface area contributed by atoms with Crippen LogP contribution in [-0.4, -0.2) is 46.7 Å². The van der Waals surface area contributed by atoms with E-state index in [1.165, 1.54) is 23.0 Å². The first-order valence-electron chi connectivity index (χ1n) is 12.8. The normalized spacial score (nSPS) is 11.5. The van der Waals surface area contributed by atoms with Gasteiger partial charge in [-0.3, -0.25) is 9.59 Å². The second kappa shape index (κ2) is 12.7. The molecule has 0 aliphatic rings. The van der Waals surface area contributed by atoms with E-state index < -0.39 is 23.7 Å². The molecule has 44 heavy (non-hydrogen) atoms. The van der Waals surface area contributed by atoms with E-state index in [2.05, 4.69) is 30.8 Å². The van der Waals surface area contributed by atoms with Crippen molar-refractivity contribution < 1.29 is 22.8 Å². The molecule has 226 valence electrons. The molecule has 0 saturated carbocycles. The van der Waals surface area contributed by atoms with Gasteiger partial charge in [0.15, 0.2) is 11.6 Å². The summed E-state index contributed by atoms with van der Waals surface area (Å²) in [6.07, 6.45) is -3.60. The molecule has 5 aromatic rings. The number of carbonyl (C=O) groups excluding carboxylic acids is 2. The highest BCUT2D eigenvalue weighted by atomic mass is 35.5.